The van der Waals surface area contributed by atoms with Gasteiger partial charge in [0, 0.05) is 19.4 Å². The van der Waals surface area contributed by atoms with Gasteiger partial charge < -0.3 is 9.32 Å². The normalized spacial score (nSPS) is 20.1. The van der Waals surface area contributed by atoms with E-state index in [-0.39, 0.29) is 5.91 Å². The van der Waals surface area contributed by atoms with E-state index in [1.807, 2.05) is 11.8 Å². The van der Waals surface area contributed by atoms with Crippen LogP contribution < -0.4 is 0 Å². The first-order chi connectivity index (χ1) is 8.58. The predicted molar refractivity (Wildman–Crippen MR) is 66.7 cm³/mol. The van der Waals surface area contributed by atoms with Gasteiger partial charge in [0.1, 0.15) is 0 Å². The van der Waals surface area contributed by atoms with Crippen molar-refractivity contribution in [2.24, 2.45) is 11.8 Å². The first kappa shape index (κ1) is 13.1. The average Bonchev–Trinajstić information content (AvgIpc) is 2.86. The highest BCUT2D eigenvalue weighted by Crippen LogP contribution is 2.25. The smallest absolute Gasteiger partial charge is 0.235 e. The van der Waals surface area contributed by atoms with E-state index in [1.165, 1.54) is 0 Å². The summed E-state index contributed by atoms with van der Waals surface area (Å²) in [4.78, 5) is 13.7. The summed E-state index contributed by atoms with van der Waals surface area (Å²) in [5, 5.41) is 7.87. The van der Waals surface area contributed by atoms with Crippen molar-refractivity contribution in [1.29, 1.82) is 0 Å². The second-order valence-electron chi connectivity index (χ2n) is 5.42. The highest BCUT2D eigenvalue weighted by atomic mass is 16.4. The zero-order chi connectivity index (χ0) is 13.1. The third kappa shape index (κ3) is 3.09. The molecule has 18 heavy (non-hydrogen) atoms. The largest absolute Gasteiger partial charge is 0.423 e. The number of amides is 1. The molecule has 5 nitrogen and oxygen atoms in total. The molecule has 1 saturated heterocycles. The summed E-state index contributed by atoms with van der Waals surface area (Å²) in [6.07, 6.45) is 2.50. The molecule has 100 valence electrons. The molecule has 1 aliphatic rings. The van der Waals surface area contributed by atoms with Gasteiger partial charge in [-0.3, -0.25) is 4.79 Å². The molecule has 2 heterocycles. The molecule has 0 bridgehead atoms. The quantitative estimate of drug-likeness (QED) is 0.803. The Morgan fingerprint density at radius 1 is 1.39 bits per heavy atom. The Kier molecular flexibility index (Phi) is 3.99. The van der Waals surface area contributed by atoms with Crippen molar-refractivity contribution >= 4 is 5.91 Å². The van der Waals surface area contributed by atoms with E-state index in [0.717, 1.165) is 19.4 Å². The number of hydrogen-bond acceptors (Lipinski definition) is 4. The highest BCUT2D eigenvalue weighted by Gasteiger charge is 2.30. The number of hydrogen-bond donors (Lipinski definition) is 0. The van der Waals surface area contributed by atoms with Gasteiger partial charge in [0.2, 0.25) is 17.7 Å². The first-order valence-electron chi connectivity index (χ1n) is 6.67. The SMILES string of the molecule is CCc1nnc(CN2C[C@H](CC(C)C)CC2=O)o1. The molecular weight excluding hydrogens is 230 g/mol. The maximum atomic E-state index is 11.9. The van der Waals surface area contributed by atoms with E-state index in [4.69, 9.17) is 4.42 Å². The van der Waals surface area contributed by atoms with Gasteiger partial charge in [-0.05, 0) is 18.3 Å². The van der Waals surface area contributed by atoms with Crippen LogP contribution in [0.1, 0.15) is 45.4 Å². The van der Waals surface area contributed by atoms with E-state index in [0.29, 0.717) is 36.6 Å². The number of aromatic nitrogens is 2. The van der Waals surface area contributed by atoms with E-state index < -0.39 is 0 Å². The molecule has 1 amide bonds. The Hall–Kier alpha value is -1.39. The lowest BCUT2D eigenvalue weighted by Gasteiger charge is -2.15. The molecular formula is C13H21N3O2. The Morgan fingerprint density at radius 2 is 2.11 bits per heavy atom. The fraction of sp³-hybridized carbons (Fsp3) is 0.769. The van der Waals surface area contributed by atoms with E-state index in [9.17, 15) is 4.79 Å². The van der Waals surface area contributed by atoms with Crippen LogP contribution in [-0.2, 0) is 17.8 Å². The van der Waals surface area contributed by atoms with Crippen LogP contribution in [0.5, 0.6) is 0 Å². The Bertz CT molecular complexity index is 414. The van der Waals surface area contributed by atoms with Crippen LogP contribution in [0.3, 0.4) is 0 Å². The topological polar surface area (TPSA) is 59.2 Å². The third-order valence-electron chi connectivity index (χ3n) is 3.24. The van der Waals surface area contributed by atoms with Gasteiger partial charge >= 0.3 is 0 Å². The maximum absolute atomic E-state index is 11.9. The van der Waals surface area contributed by atoms with Crippen LogP contribution in [0.25, 0.3) is 0 Å². The minimum Gasteiger partial charge on any atom is -0.423 e. The molecule has 0 aliphatic carbocycles. The summed E-state index contributed by atoms with van der Waals surface area (Å²) < 4.78 is 5.44. The number of carbonyl (C=O) groups is 1. The van der Waals surface area contributed by atoms with Crippen molar-refractivity contribution < 1.29 is 9.21 Å². The average molecular weight is 251 g/mol. The van der Waals surface area contributed by atoms with Gasteiger partial charge in [0.05, 0.1) is 6.54 Å². The van der Waals surface area contributed by atoms with Gasteiger partial charge in [-0.25, -0.2) is 0 Å². The fourth-order valence-corrected chi connectivity index (χ4v) is 2.49. The second kappa shape index (κ2) is 5.50. The van der Waals surface area contributed by atoms with Crippen molar-refractivity contribution in [3.05, 3.63) is 11.8 Å². The van der Waals surface area contributed by atoms with Crippen molar-refractivity contribution in [1.82, 2.24) is 15.1 Å². The van der Waals surface area contributed by atoms with Crippen LogP contribution >= 0.6 is 0 Å². The molecule has 1 atom stereocenters. The summed E-state index contributed by atoms with van der Waals surface area (Å²) in [5.41, 5.74) is 0. The van der Waals surface area contributed by atoms with Gasteiger partial charge in [-0.2, -0.15) is 0 Å². The minimum atomic E-state index is 0.205. The van der Waals surface area contributed by atoms with Crippen molar-refractivity contribution in [2.45, 2.75) is 46.6 Å². The summed E-state index contributed by atoms with van der Waals surface area (Å²) in [6, 6.07) is 0. The molecule has 2 rings (SSSR count). The van der Waals surface area contributed by atoms with E-state index >= 15 is 0 Å². The summed E-state index contributed by atoms with van der Waals surface area (Å²) in [6.45, 7) is 7.63. The molecule has 0 radical (unpaired) electrons. The molecule has 0 unspecified atom stereocenters. The third-order valence-corrected chi connectivity index (χ3v) is 3.24. The summed E-state index contributed by atoms with van der Waals surface area (Å²) >= 11 is 0. The molecule has 1 aromatic heterocycles. The number of rotatable bonds is 5. The first-order valence-corrected chi connectivity index (χ1v) is 6.67. The lowest BCUT2D eigenvalue weighted by atomic mass is 9.96. The van der Waals surface area contributed by atoms with Crippen LogP contribution in [-0.4, -0.2) is 27.5 Å². The molecule has 1 aromatic rings. The standard InChI is InChI=1S/C13H21N3O2/c1-4-11-14-15-12(18-11)8-16-7-10(5-9(2)3)6-13(16)17/h9-10H,4-8H2,1-3H3/t10-/m1/s1. The van der Waals surface area contributed by atoms with Crippen molar-refractivity contribution in [3.8, 4) is 0 Å². The zero-order valence-electron chi connectivity index (χ0n) is 11.3. The Labute approximate surface area is 108 Å². The Balaban J connectivity index is 1.91. The predicted octanol–water partition coefficient (Wildman–Crippen LogP) is 2.03. The van der Waals surface area contributed by atoms with E-state index in [1.54, 1.807) is 0 Å². The summed E-state index contributed by atoms with van der Waals surface area (Å²) in [7, 11) is 0. The number of aryl methyl sites for hydroxylation is 1. The van der Waals surface area contributed by atoms with Crippen LogP contribution in [0, 0.1) is 11.8 Å². The minimum absolute atomic E-state index is 0.205. The number of nitrogens with zero attached hydrogens (tertiary/aromatic N) is 3. The molecule has 0 saturated carbocycles. The van der Waals surface area contributed by atoms with Crippen LogP contribution in [0.15, 0.2) is 4.42 Å². The zero-order valence-corrected chi connectivity index (χ0v) is 11.3. The lowest BCUT2D eigenvalue weighted by Crippen LogP contribution is -2.24. The number of likely N-dealkylation sites (tertiary alicyclic amines) is 1. The number of carbonyl (C=O) groups excluding carboxylic acids is 1. The molecule has 0 N–H and O–H groups in total. The van der Waals surface area contributed by atoms with Crippen molar-refractivity contribution in [3.63, 3.8) is 0 Å². The molecule has 1 aliphatic heterocycles. The van der Waals surface area contributed by atoms with Crippen LogP contribution in [0.4, 0.5) is 0 Å². The van der Waals surface area contributed by atoms with E-state index in [2.05, 4.69) is 24.0 Å². The Morgan fingerprint density at radius 3 is 2.72 bits per heavy atom. The van der Waals surface area contributed by atoms with Crippen LogP contribution in [0.2, 0.25) is 0 Å². The molecule has 0 spiro atoms. The molecule has 1 fully saturated rings. The highest BCUT2D eigenvalue weighted by molar-refractivity contribution is 5.78. The lowest BCUT2D eigenvalue weighted by molar-refractivity contribution is -0.128. The second-order valence-corrected chi connectivity index (χ2v) is 5.42. The fourth-order valence-electron chi connectivity index (χ4n) is 2.49. The van der Waals surface area contributed by atoms with Crippen molar-refractivity contribution in [2.75, 3.05) is 6.54 Å². The monoisotopic (exact) mass is 251 g/mol. The molecule has 0 aromatic carbocycles. The maximum Gasteiger partial charge on any atom is 0.235 e. The summed E-state index contributed by atoms with van der Waals surface area (Å²) in [5.74, 6) is 2.50. The van der Waals surface area contributed by atoms with Gasteiger partial charge in [0.25, 0.3) is 0 Å². The van der Waals surface area contributed by atoms with Gasteiger partial charge in [0.15, 0.2) is 0 Å². The molecule has 5 heteroatoms. The van der Waals surface area contributed by atoms with Gasteiger partial charge in [-0.1, -0.05) is 20.8 Å². The van der Waals surface area contributed by atoms with Gasteiger partial charge in [-0.15, -0.1) is 10.2 Å².